The molecular formula is C14H19N7O. The smallest absolute Gasteiger partial charge is 0.239 e. The summed E-state index contributed by atoms with van der Waals surface area (Å²) in [6, 6.07) is 3.90. The van der Waals surface area contributed by atoms with Gasteiger partial charge in [0, 0.05) is 26.2 Å². The fourth-order valence-corrected chi connectivity index (χ4v) is 3.16. The number of fused-ring (bicyclic) bond motifs is 1. The minimum absolute atomic E-state index is 0.0260. The molecule has 22 heavy (non-hydrogen) atoms. The number of rotatable bonds is 2. The second-order valence-electron chi connectivity index (χ2n) is 5.79. The van der Waals surface area contributed by atoms with Crippen LogP contribution in [0.25, 0.3) is 5.65 Å². The Morgan fingerprint density at radius 1 is 1.23 bits per heavy atom. The molecule has 2 aromatic rings. The quantitative estimate of drug-likeness (QED) is 0.807. The van der Waals surface area contributed by atoms with E-state index >= 15 is 0 Å². The van der Waals surface area contributed by atoms with Crippen LogP contribution in [-0.4, -0.2) is 69.4 Å². The first-order chi connectivity index (χ1) is 10.8. The van der Waals surface area contributed by atoms with Gasteiger partial charge in [-0.25, -0.2) is 0 Å². The van der Waals surface area contributed by atoms with Crippen LogP contribution in [0, 0.1) is 0 Å². The van der Waals surface area contributed by atoms with Crippen LogP contribution >= 0.6 is 0 Å². The highest BCUT2D eigenvalue weighted by molar-refractivity contribution is 5.82. The molecular weight excluding hydrogens is 282 g/mol. The van der Waals surface area contributed by atoms with Gasteiger partial charge in [0.25, 0.3) is 0 Å². The van der Waals surface area contributed by atoms with Gasteiger partial charge >= 0.3 is 0 Å². The highest BCUT2D eigenvalue weighted by Gasteiger charge is 2.29. The molecule has 0 aliphatic carbocycles. The number of nitrogens with one attached hydrogen (secondary N) is 1. The Morgan fingerprint density at radius 3 is 2.86 bits per heavy atom. The summed E-state index contributed by atoms with van der Waals surface area (Å²) in [5, 5.41) is 15.6. The molecule has 4 heterocycles. The van der Waals surface area contributed by atoms with Gasteiger partial charge in [-0.2, -0.15) is 4.52 Å². The molecule has 8 nitrogen and oxygen atoms in total. The Labute approximate surface area is 128 Å². The summed E-state index contributed by atoms with van der Waals surface area (Å²) in [6.07, 6.45) is 3.66. The van der Waals surface area contributed by atoms with E-state index in [1.54, 1.807) is 10.8 Å². The van der Waals surface area contributed by atoms with Gasteiger partial charge in [-0.15, -0.1) is 15.3 Å². The van der Waals surface area contributed by atoms with Crippen LogP contribution < -0.4 is 10.2 Å². The van der Waals surface area contributed by atoms with Crippen LogP contribution in [0.3, 0.4) is 0 Å². The van der Waals surface area contributed by atoms with Crippen molar-refractivity contribution in [3.05, 3.63) is 18.5 Å². The van der Waals surface area contributed by atoms with E-state index in [1.807, 2.05) is 17.0 Å². The lowest BCUT2D eigenvalue weighted by atomic mass is 10.2. The number of hydrogen-bond acceptors (Lipinski definition) is 6. The lowest BCUT2D eigenvalue weighted by Crippen LogP contribution is -2.53. The number of piperazine rings is 1. The first-order valence-corrected chi connectivity index (χ1v) is 7.75. The topological polar surface area (TPSA) is 78.7 Å². The first kappa shape index (κ1) is 13.4. The second-order valence-corrected chi connectivity index (χ2v) is 5.79. The summed E-state index contributed by atoms with van der Waals surface area (Å²) in [5.74, 6) is 1.15. The number of carbonyl (C=O) groups excluding carboxylic acids is 1. The van der Waals surface area contributed by atoms with Gasteiger partial charge in [0.15, 0.2) is 5.65 Å². The Kier molecular flexibility index (Phi) is 3.38. The molecule has 0 saturated carbocycles. The molecule has 0 radical (unpaired) electrons. The predicted octanol–water partition coefficient (Wildman–Crippen LogP) is -0.475. The van der Waals surface area contributed by atoms with E-state index in [0.717, 1.165) is 57.0 Å². The second kappa shape index (κ2) is 5.53. The van der Waals surface area contributed by atoms with Crippen LogP contribution in [0.5, 0.6) is 0 Å². The maximum absolute atomic E-state index is 12.4. The molecule has 8 heteroatoms. The van der Waals surface area contributed by atoms with E-state index in [9.17, 15) is 4.79 Å². The summed E-state index contributed by atoms with van der Waals surface area (Å²) in [5.41, 5.74) is 0.741. The minimum Gasteiger partial charge on any atom is -0.352 e. The molecule has 0 bridgehead atoms. The molecule has 2 fully saturated rings. The third kappa shape index (κ3) is 2.39. The molecule has 1 unspecified atom stereocenters. The molecule has 2 saturated heterocycles. The Balaban J connectivity index is 1.41. The number of aromatic nitrogens is 4. The largest absolute Gasteiger partial charge is 0.352 e. The molecule has 116 valence electrons. The fourth-order valence-electron chi connectivity index (χ4n) is 3.16. The van der Waals surface area contributed by atoms with Gasteiger partial charge in [0.05, 0.1) is 6.04 Å². The number of hydrogen-bond donors (Lipinski definition) is 1. The van der Waals surface area contributed by atoms with Crippen LogP contribution in [-0.2, 0) is 4.79 Å². The van der Waals surface area contributed by atoms with Crippen LogP contribution in [0.15, 0.2) is 18.5 Å². The lowest BCUT2D eigenvalue weighted by Gasteiger charge is -2.36. The zero-order valence-electron chi connectivity index (χ0n) is 12.4. The van der Waals surface area contributed by atoms with E-state index in [4.69, 9.17) is 0 Å². The summed E-state index contributed by atoms with van der Waals surface area (Å²) < 4.78 is 1.68. The summed E-state index contributed by atoms with van der Waals surface area (Å²) >= 11 is 0. The van der Waals surface area contributed by atoms with Crippen LogP contribution in [0.4, 0.5) is 5.82 Å². The fraction of sp³-hybridized carbons (Fsp3) is 0.571. The molecule has 1 amide bonds. The van der Waals surface area contributed by atoms with Crippen molar-refractivity contribution in [2.75, 3.05) is 37.6 Å². The summed E-state index contributed by atoms with van der Waals surface area (Å²) in [6.45, 7) is 4.06. The molecule has 4 rings (SSSR count). The molecule has 1 atom stereocenters. The maximum Gasteiger partial charge on any atom is 0.239 e. The van der Waals surface area contributed by atoms with Crippen molar-refractivity contribution in [1.82, 2.24) is 30.0 Å². The normalized spacial score (nSPS) is 22.5. The van der Waals surface area contributed by atoms with Gasteiger partial charge in [0.2, 0.25) is 5.91 Å². The maximum atomic E-state index is 12.4. The highest BCUT2D eigenvalue weighted by atomic mass is 16.2. The third-order valence-corrected chi connectivity index (χ3v) is 4.42. The van der Waals surface area contributed by atoms with E-state index in [2.05, 4.69) is 25.5 Å². The zero-order chi connectivity index (χ0) is 14.9. The van der Waals surface area contributed by atoms with Gasteiger partial charge in [-0.1, -0.05) is 0 Å². The average Bonchev–Trinajstić information content (AvgIpc) is 3.25. The van der Waals surface area contributed by atoms with Gasteiger partial charge in [0.1, 0.15) is 12.1 Å². The number of carbonyl (C=O) groups is 1. The standard InChI is InChI=1S/C14H19N7O/c22-14(11-2-1-5-15-11)20-8-6-19(7-9-20)13-4-3-12-17-16-10-21(12)18-13/h3-4,10-11,15H,1-2,5-9H2. The van der Waals surface area contributed by atoms with Gasteiger partial charge < -0.3 is 15.1 Å². The number of anilines is 1. The molecule has 0 aromatic carbocycles. The van der Waals surface area contributed by atoms with E-state index in [1.165, 1.54) is 0 Å². The minimum atomic E-state index is 0.0260. The molecule has 2 aliphatic rings. The van der Waals surface area contributed by atoms with Crippen molar-refractivity contribution >= 4 is 17.4 Å². The van der Waals surface area contributed by atoms with E-state index in [0.29, 0.717) is 0 Å². The Bertz CT molecular complexity index is 671. The van der Waals surface area contributed by atoms with Gasteiger partial charge in [-0.05, 0) is 31.5 Å². The Hall–Kier alpha value is -2.22. The summed E-state index contributed by atoms with van der Waals surface area (Å²) in [7, 11) is 0. The van der Waals surface area contributed by atoms with Crippen molar-refractivity contribution in [2.45, 2.75) is 18.9 Å². The Morgan fingerprint density at radius 2 is 2.09 bits per heavy atom. The van der Waals surface area contributed by atoms with E-state index < -0.39 is 0 Å². The zero-order valence-corrected chi connectivity index (χ0v) is 12.4. The van der Waals surface area contributed by atoms with Crippen molar-refractivity contribution < 1.29 is 4.79 Å². The van der Waals surface area contributed by atoms with Crippen molar-refractivity contribution in [1.29, 1.82) is 0 Å². The van der Waals surface area contributed by atoms with E-state index in [-0.39, 0.29) is 11.9 Å². The number of amides is 1. The third-order valence-electron chi connectivity index (χ3n) is 4.42. The monoisotopic (exact) mass is 301 g/mol. The SMILES string of the molecule is O=C(C1CCCN1)N1CCN(c2ccc3nncn3n2)CC1. The van der Waals surface area contributed by atoms with Crippen LogP contribution in [0.2, 0.25) is 0 Å². The van der Waals surface area contributed by atoms with Crippen molar-refractivity contribution in [3.8, 4) is 0 Å². The number of nitrogens with zero attached hydrogens (tertiary/aromatic N) is 6. The lowest BCUT2D eigenvalue weighted by molar-refractivity contribution is -0.133. The highest BCUT2D eigenvalue weighted by Crippen LogP contribution is 2.16. The first-order valence-electron chi connectivity index (χ1n) is 7.75. The average molecular weight is 301 g/mol. The molecule has 2 aliphatic heterocycles. The predicted molar refractivity (Wildman–Crippen MR) is 80.6 cm³/mol. The molecule has 0 spiro atoms. The summed E-state index contributed by atoms with van der Waals surface area (Å²) in [4.78, 5) is 16.6. The molecule has 2 aromatic heterocycles. The van der Waals surface area contributed by atoms with Gasteiger partial charge in [-0.3, -0.25) is 4.79 Å². The van der Waals surface area contributed by atoms with Crippen LogP contribution in [0.1, 0.15) is 12.8 Å². The van der Waals surface area contributed by atoms with Crippen molar-refractivity contribution in [3.63, 3.8) is 0 Å². The van der Waals surface area contributed by atoms with Crippen molar-refractivity contribution in [2.24, 2.45) is 0 Å². The molecule has 1 N–H and O–H groups in total.